The maximum atomic E-state index is 10.2. The van der Waals surface area contributed by atoms with Crippen molar-refractivity contribution in [3.8, 4) is 17.2 Å². The zero-order valence-electron chi connectivity index (χ0n) is 15.1. The first-order valence-corrected chi connectivity index (χ1v) is 9.44. The van der Waals surface area contributed by atoms with Gasteiger partial charge in [-0.25, -0.2) is 0 Å². The lowest BCUT2D eigenvalue weighted by molar-refractivity contribution is 0.340. The number of methoxy groups -OCH3 is 2. The van der Waals surface area contributed by atoms with Crippen LogP contribution in [0, 0.1) is 0 Å². The molecule has 0 bridgehead atoms. The first-order chi connectivity index (χ1) is 13.2. The number of aromatic hydroxyl groups is 1. The first kappa shape index (κ1) is 17.4. The summed E-state index contributed by atoms with van der Waals surface area (Å²) in [4.78, 5) is 6.09. The molecule has 5 heteroatoms. The van der Waals surface area contributed by atoms with Crippen LogP contribution < -0.4 is 9.47 Å². The second-order valence-corrected chi connectivity index (χ2v) is 7.08. The van der Waals surface area contributed by atoms with Crippen molar-refractivity contribution in [2.45, 2.75) is 6.42 Å². The largest absolute Gasteiger partial charge is 0.502 e. The number of thiophene rings is 1. The molecule has 0 unspecified atom stereocenters. The maximum Gasteiger partial charge on any atom is 0.200 e. The van der Waals surface area contributed by atoms with Crippen LogP contribution >= 0.6 is 11.3 Å². The smallest absolute Gasteiger partial charge is 0.200 e. The first-order valence-electron chi connectivity index (χ1n) is 8.56. The fourth-order valence-electron chi connectivity index (χ4n) is 3.22. The molecule has 1 N–H and O–H groups in total. The predicted molar refractivity (Wildman–Crippen MR) is 110 cm³/mol. The standard InChI is InChI=1S/C22H19NO3S/c1-25-18-11-15(12-19(26-2)22(18)24)17-13-16(14-7-4-3-5-8-14)21(23-17)20-9-6-10-27-20/h3-12,24H,13H2,1-2H3. The van der Waals surface area contributed by atoms with Gasteiger partial charge in [0, 0.05) is 12.0 Å². The molecule has 3 aromatic rings. The molecule has 2 heterocycles. The second-order valence-electron chi connectivity index (χ2n) is 6.14. The number of allylic oxidation sites excluding steroid dienone is 1. The molecule has 136 valence electrons. The summed E-state index contributed by atoms with van der Waals surface area (Å²) < 4.78 is 10.6. The molecule has 0 saturated heterocycles. The summed E-state index contributed by atoms with van der Waals surface area (Å²) in [5, 5.41) is 12.3. The monoisotopic (exact) mass is 377 g/mol. The summed E-state index contributed by atoms with van der Waals surface area (Å²) in [5.74, 6) is 0.743. The highest BCUT2D eigenvalue weighted by atomic mass is 32.1. The third-order valence-corrected chi connectivity index (χ3v) is 5.44. The summed E-state index contributed by atoms with van der Waals surface area (Å²) in [5.41, 5.74) is 5.16. The van der Waals surface area contributed by atoms with E-state index in [4.69, 9.17) is 14.5 Å². The Labute approximate surface area is 162 Å². The highest BCUT2D eigenvalue weighted by Crippen LogP contribution is 2.42. The number of hydrogen-bond acceptors (Lipinski definition) is 5. The molecule has 0 aliphatic carbocycles. The van der Waals surface area contributed by atoms with Crippen molar-refractivity contribution in [1.82, 2.24) is 0 Å². The number of ether oxygens (including phenoxy) is 2. The summed E-state index contributed by atoms with van der Waals surface area (Å²) in [6.07, 6.45) is 0.703. The molecule has 0 saturated carbocycles. The molecule has 4 rings (SSSR count). The average molecular weight is 377 g/mol. The third kappa shape index (κ3) is 3.22. The van der Waals surface area contributed by atoms with E-state index >= 15 is 0 Å². The Kier molecular flexibility index (Phi) is 4.69. The van der Waals surface area contributed by atoms with Crippen LogP contribution in [-0.4, -0.2) is 25.0 Å². The summed E-state index contributed by atoms with van der Waals surface area (Å²) in [6, 6.07) is 18.1. The van der Waals surface area contributed by atoms with E-state index in [-0.39, 0.29) is 5.75 Å². The number of benzene rings is 2. The van der Waals surface area contributed by atoms with Crippen LogP contribution in [0.1, 0.15) is 22.4 Å². The van der Waals surface area contributed by atoms with Gasteiger partial charge in [-0.2, -0.15) is 0 Å². The normalized spacial score (nSPS) is 13.6. The Bertz CT molecular complexity index is 996. The summed E-state index contributed by atoms with van der Waals surface area (Å²) >= 11 is 1.68. The molecule has 27 heavy (non-hydrogen) atoms. The number of rotatable bonds is 5. The molecule has 0 spiro atoms. The molecular weight excluding hydrogens is 358 g/mol. The van der Waals surface area contributed by atoms with Crippen LogP contribution in [0.5, 0.6) is 17.2 Å². The van der Waals surface area contributed by atoms with E-state index in [2.05, 4.69) is 23.6 Å². The molecule has 0 fully saturated rings. The van der Waals surface area contributed by atoms with Gasteiger partial charge in [-0.05, 0) is 34.7 Å². The topological polar surface area (TPSA) is 51.0 Å². The SMILES string of the molecule is COc1cc(C2=NC(c3cccs3)=C(c3ccccc3)C2)cc(OC)c1O. The second kappa shape index (κ2) is 7.29. The van der Waals surface area contributed by atoms with Gasteiger partial charge in [0.2, 0.25) is 5.75 Å². The highest BCUT2D eigenvalue weighted by molar-refractivity contribution is 7.11. The van der Waals surface area contributed by atoms with Crippen LogP contribution in [0.15, 0.2) is 65.0 Å². The van der Waals surface area contributed by atoms with Gasteiger partial charge in [0.1, 0.15) is 0 Å². The quantitative estimate of drug-likeness (QED) is 0.662. The van der Waals surface area contributed by atoms with Gasteiger partial charge in [-0.1, -0.05) is 36.4 Å². The number of phenolic OH excluding ortho intramolecular Hbond substituents is 1. The molecule has 0 amide bonds. The van der Waals surface area contributed by atoms with Crippen LogP contribution in [0.3, 0.4) is 0 Å². The molecule has 1 aliphatic rings. The van der Waals surface area contributed by atoms with E-state index in [0.717, 1.165) is 27.4 Å². The van der Waals surface area contributed by atoms with Crippen molar-refractivity contribution in [1.29, 1.82) is 0 Å². The highest BCUT2D eigenvalue weighted by Gasteiger charge is 2.24. The van der Waals surface area contributed by atoms with Gasteiger partial charge in [0.15, 0.2) is 11.5 Å². The van der Waals surface area contributed by atoms with Crippen LogP contribution in [0.25, 0.3) is 11.3 Å². The van der Waals surface area contributed by atoms with Gasteiger partial charge in [0.25, 0.3) is 0 Å². The molecule has 2 aromatic carbocycles. The van der Waals surface area contributed by atoms with Gasteiger partial charge < -0.3 is 14.6 Å². The molecule has 0 atom stereocenters. The van der Waals surface area contributed by atoms with E-state index in [1.54, 1.807) is 23.5 Å². The summed E-state index contributed by atoms with van der Waals surface area (Å²) in [7, 11) is 3.05. The maximum absolute atomic E-state index is 10.2. The molecule has 4 nitrogen and oxygen atoms in total. The molecule has 0 radical (unpaired) electrons. The van der Waals surface area contributed by atoms with E-state index in [0.29, 0.717) is 17.9 Å². The third-order valence-electron chi connectivity index (χ3n) is 4.57. The zero-order chi connectivity index (χ0) is 18.8. The van der Waals surface area contributed by atoms with Crippen molar-refractivity contribution >= 4 is 28.3 Å². The zero-order valence-corrected chi connectivity index (χ0v) is 15.9. The Morgan fingerprint density at radius 3 is 2.22 bits per heavy atom. The fraction of sp³-hybridized carbons (Fsp3) is 0.136. The minimum absolute atomic E-state index is 0.00271. The lowest BCUT2D eigenvalue weighted by atomic mass is 9.97. The van der Waals surface area contributed by atoms with Crippen molar-refractivity contribution in [2.24, 2.45) is 4.99 Å². The minimum Gasteiger partial charge on any atom is -0.502 e. The summed E-state index contributed by atoms with van der Waals surface area (Å²) in [6.45, 7) is 0. The lowest BCUT2D eigenvalue weighted by Gasteiger charge is -2.11. The van der Waals surface area contributed by atoms with Crippen LogP contribution in [-0.2, 0) is 0 Å². The van der Waals surface area contributed by atoms with E-state index in [1.807, 2.05) is 24.3 Å². The van der Waals surface area contributed by atoms with E-state index in [9.17, 15) is 5.11 Å². The Balaban J connectivity index is 1.81. The minimum atomic E-state index is -0.00271. The number of aliphatic imine (C=N–C) groups is 1. The van der Waals surface area contributed by atoms with Crippen molar-refractivity contribution in [3.63, 3.8) is 0 Å². The van der Waals surface area contributed by atoms with Crippen LogP contribution in [0.2, 0.25) is 0 Å². The Morgan fingerprint density at radius 2 is 1.63 bits per heavy atom. The molecule has 1 aliphatic heterocycles. The average Bonchev–Trinajstić information content (AvgIpc) is 3.38. The van der Waals surface area contributed by atoms with E-state index in [1.165, 1.54) is 19.8 Å². The molecule has 1 aromatic heterocycles. The number of nitrogens with zero attached hydrogens (tertiary/aromatic N) is 1. The van der Waals surface area contributed by atoms with Crippen LogP contribution in [0.4, 0.5) is 0 Å². The number of phenols is 1. The van der Waals surface area contributed by atoms with Crippen molar-refractivity contribution in [3.05, 3.63) is 76.0 Å². The van der Waals surface area contributed by atoms with Gasteiger partial charge in [-0.15, -0.1) is 11.3 Å². The predicted octanol–water partition coefficient (Wildman–Crippen LogP) is 5.23. The molecular formula is C22H19NO3S. The lowest BCUT2D eigenvalue weighted by Crippen LogP contribution is -2.00. The number of hydrogen-bond donors (Lipinski definition) is 1. The fourth-order valence-corrected chi connectivity index (χ4v) is 3.96. The van der Waals surface area contributed by atoms with Gasteiger partial charge >= 0.3 is 0 Å². The van der Waals surface area contributed by atoms with Crippen molar-refractivity contribution in [2.75, 3.05) is 14.2 Å². The van der Waals surface area contributed by atoms with Crippen molar-refractivity contribution < 1.29 is 14.6 Å². The Hall–Kier alpha value is -3.05. The van der Waals surface area contributed by atoms with E-state index < -0.39 is 0 Å². The Morgan fingerprint density at radius 1 is 0.926 bits per heavy atom. The van der Waals surface area contributed by atoms with Gasteiger partial charge in [0.05, 0.1) is 30.5 Å². The van der Waals surface area contributed by atoms with Gasteiger partial charge in [-0.3, -0.25) is 4.99 Å².